The molecular formula is C9H12N2O4S2. The van der Waals surface area contributed by atoms with Gasteiger partial charge in [0, 0.05) is 5.38 Å². The summed E-state index contributed by atoms with van der Waals surface area (Å²) in [7, 11) is -3.34. The van der Waals surface area contributed by atoms with Crippen molar-refractivity contribution in [2.75, 3.05) is 4.72 Å². The van der Waals surface area contributed by atoms with Gasteiger partial charge in [-0.1, -0.05) is 6.42 Å². The minimum absolute atomic E-state index is 0.193. The Morgan fingerprint density at radius 2 is 2.29 bits per heavy atom. The quantitative estimate of drug-likeness (QED) is 0.838. The number of nitrogens with one attached hydrogen (secondary N) is 1. The van der Waals surface area contributed by atoms with E-state index in [9.17, 15) is 13.2 Å². The fourth-order valence-electron chi connectivity index (χ4n) is 1.48. The first-order valence-corrected chi connectivity index (χ1v) is 7.58. The lowest BCUT2D eigenvalue weighted by Gasteiger charge is -2.24. The van der Waals surface area contributed by atoms with E-state index in [1.54, 1.807) is 5.38 Å². The molecule has 0 saturated heterocycles. The lowest BCUT2D eigenvalue weighted by Crippen LogP contribution is -2.33. The van der Waals surface area contributed by atoms with Crippen LogP contribution >= 0.6 is 11.3 Å². The van der Waals surface area contributed by atoms with Crippen LogP contribution in [0.25, 0.3) is 0 Å². The lowest BCUT2D eigenvalue weighted by atomic mass is 10.0. The summed E-state index contributed by atoms with van der Waals surface area (Å²) in [6.45, 7) is 0. The summed E-state index contributed by atoms with van der Waals surface area (Å²) in [6, 6.07) is 0. The summed E-state index contributed by atoms with van der Waals surface area (Å²) in [5, 5.41) is 10.0. The molecule has 2 N–H and O–H groups in total. The second kappa shape index (κ2) is 4.61. The topological polar surface area (TPSA) is 96.4 Å². The largest absolute Gasteiger partial charge is 0.481 e. The van der Waals surface area contributed by atoms with E-state index in [2.05, 4.69) is 9.71 Å². The van der Waals surface area contributed by atoms with Gasteiger partial charge in [-0.25, -0.2) is 13.4 Å². The van der Waals surface area contributed by atoms with Crippen molar-refractivity contribution in [3.8, 4) is 0 Å². The van der Waals surface area contributed by atoms with Crippen LogP contribution in [-0.4, -0.2) is 29.7 Å². The third-order valence-electron chi connectivity index (χ3n) is 2.60. The zero-order valence-corrected chi connectivity index (χ0v) is 10.6. The number of anilines is 1. The van der Waals surface area contributed by atoms with Gasteiger partial charge in [0.15, 0.2) is 5.13 Å². The number of nitrogens with zero attached hydrogens (tertiary/aromatic N) is 1. The molecule has 1 heterocycles. The average Bonchev–Trinajstić information content (AvgIpc) is 2.45. The van der Waals surface area contributed by atoms with Gasteiger partial charge >= 0.3 is 5.97 Å². The van der Waals surface area contributed by atoms with Gasteiger partial charge in [0.1, 0.15) is 0 Å². The molecule has 0 spiro atoms. The van der Waals surface area contributed by atoms with Crippen molar-refractivity contribution in [3.63, 3.8) is 0 Å². The number of thiazole rings is 1. The predicted octanol–water partition coefficient (Wildman–Crippen LogP) is 1.06. The molecule has 1 aliphatic carbocycles. The Morgan fingerprint density at radius 3 is 2.82 bits per heavy atom. The van der Waals surface area contributed by atoms with Gasteiger partial charge in [0.05, 0.1) is 17.4 Å². The van der Waals surface area contributed by atoms with Gasteiger partial charge in [-0.05, 0) is 12.8 Å². The maximum Gasteiger partial charge on any atom is 0.309 e. The summed E-state index contributed by atoms with van der Waals surface area (Å²) < 4.78 is 25.9. The van der Waals surface area contributed by atoms with Gasteiger partial charge in [0.2, 0.25) is 10.0 Å². The first-order valence-electron chi connectivity index (χ1n) is 5.15. The van der Waals surface area contributed by atoms with Gasteiger partial charge < -0.3 is 5.11 Å². The third kappa shape index (κ3) is 2.95. The molecule has 94 valence electrons. The fourth-order valence-corrected chi connectivity index (χ4v) is 3.98. The average molecular weight is 276 g/mol. The molecule has 0 amide bonds. The maximum absolute atomic E-state index is 11.8. The summed E-state index contributed by atoms with van der Waals surface area (Å²) >= 11 is 1.11. The van der Waals surface area contributed by atoms with Crippen molar-refractivity contribution in [1.82, 2.24) is 4.98 Å². The van der Waals surface area contributed by atoms with Crippen LogP contribution < -0.4 is 4.72 Å². The number of aromatic nitrogens is 1. The highest BCUT2D eigenvalue weighted by Gasteiger charge is 2.31. The zero-order valence-electron chi connectivity index (χ0n) is 8.92. The van der Waals surface area contributed by atoms with Gasteiger partial charge in [-0.3, -0.25) is 9.52 Å². The Hall–Kier alpha value is -1.15. The van der Waals surface area contributed by atoms with E-state index in [0.717, 1.165) is 17.8 Å². The summed E-state index contributed by atoms with van der Waals surface area (Å²) in [4.78, 5) is 14.4. The normalized spacial score (nSPS) is 16.5. The van der Waals surface area contributed by atoms with Crippen molar-refractivity contribution in [3.05, 3.63) is 11.1 Å². The van der Waals surface area contributed by atoms with Crippen LogP contribution in [0.1, 0.15) is 25.0 Å². The highest BCUT2D eigenvalue weighted by Crippen LogP contribution is 2.28. The standard InChI is InChI=1S/C9H12N2O4S2/c12-8(13)4-6-5-16-9(10-6)11-17(14,15)7-2-1-3-7/h5,7H,1-4H2,(H,10,11)(H,12,13). The van der Waals surface area contributed by atoms with Gasteiger partial charge in [-0.2, -0.15) is 0 Å². The number of carbonyl (C=O) groups is 1. The van der Waals surface area contributed by atoms with Crippen LogP contribution in [0.2, 0.25) is 0 Å². The van der Waals surface area contributed by atoms with E-state index in [4.69, 9.17) is 5.11 Å². The lowest BCUT2D eigenvalue weighted by molar-refractivity contribution is -0.136. The minimum atomic E-state index is -3.34. The molecular weight excluding hydrogens is 264 g/mol. The molecule has 1 aromatic rings. The van der Waals surface area contributed by atoms with Crippen LogP contribution in [0.15, 0.2) is 5.38 Å². The van der Waals surface area contributed by atoms with Crippen LogP contribution in [0.4, 0.5) is 5.13 Å². The molecule has 2 rings (SSSR count). The molecule has 17 heavy (non-hydrogen) atoms. The zero-order chi connectivity index (χ0) is 12.5. The highest BCUT2D eigenvalue weighted by molar-refractivity contribution is 7.93. The van der Waals surface area contributed by atoms with E-state index in [1.807, 2.05) is 0 Å². The number of carboxylic acids is 1. The van der Waals surface area contributed by atoms with E-state index >= 15 is 0 Å². The maximum atomic E-state index is 11.8. The number of hydrogen-bond donors (Lipinski definition) is 2. The molecule has 0 aliphatic heterocycles. The Morgan fingerprint density at radius 1 is 1.59 bits per heavy atom. The summed E-state index contributed by atoms with van der Waals surface area (Å²) in [5.41, 5.74) is 0.369. The number of sulfonamides is 1. The number of rotatable bonds is 5. The smallest absolute Gasteiger partial charge is 0.309 e. The van der Waals surface area contributed by atoms with Crippen molar-refractivity contribution in [2.45, 2.75) is 30.9 Å². The first kappa shape index (κ1) is 12.3. The fraction of sp³-hybridized carbons (Fsp3) is 0.556. The van der Waals surface area contributed by atoms with Crippen molar-refractivity contribution in [1.29, 1.82) is 0 Å². The number of carboxylic acid groups (broad SMARTS) is 1. The Balaban J connectivity index is 2.03. The molecule has 1 saturated carbocycles. The summed E-state index contributed by atoms with van der Waals surface area (Å²) in [6.07, 6.45) is 2.11. The highest BCUT2D eigenvalue weighted by atomic mass is 32.2. The summed E-state index contributed by atoms with van der Waals surface area (Å²) in [5.74, 6) is -0.983. The third-order valence-corrected chi connectivity index (χ3v) is 5.37. The van der Waals surface area contributed by atoms with Gasteiger partial charge in [0.25, 0.3) is 0 Å². The van der Waals surface area contributed by atoms with Crippen molar-refractivity contribution in [2.24, 2.45) is 0 Å². The molecule has 0 radical (unpaired) electrons. The first-order chi connectivity index (χ1) is 7.97. The van der Waals surface area contributed by atoms with Crippen LogP contribution in [0, 0.1) is 0 Å². The second-order valence-corrected chi connectivity index (χ2v) is 6.73. The molecule has 0 bridgehead atoms. The number of aliphatic carboxylic acids is 1. The minimum Gasteiger partial charge on any atom is -0.481 e. The molecule has 1 aromatic heterocycles. The molecule has 1 aliphatic rings. The van der Waals surface area contributed by atoms with Crippen LogP contribution in [0.3, 0.4) is 0 Å². The Kier molecular flexibility index (Phi) is 3.34. The van der Waals surface area contributed by atoms with E-state index in [0.29, 0.717) is 18.5 Å². The van der Waals surface area contributed by atoms with Gasteiger partial charge in [-0.15, -0.1) is 11.3 Å². The van der Waals surface area contributed by atoms with E-state index in [-0.39, 0.29) is 16.8 Å². The molecule has 8 heteroatoms. The van der Waals surface area contributed by atoms with Crippen LogP contribution in [0.5, 0.6) is 0 Å². The Labute approximate surface area is 103 Å². The molecule has 6 nitrogen and oxygen atoms in total. The second-order valence-electron chi connectivity index (χ2n) is 3.91. The molecule has 0 unspecified atom stereocenters. The van der Waals surface area contributed by atoms with Crippen molar-refractivity contribution >= 4 is 32.5 Å². The molecule has 0 aromatic carbocycles. The number of hydrogen-bond acceptors (Lipinski definition) is 5. The monoisotopic (exact) mass is 276 g/mol. The van der Waals surface area contributed by atoms with Crippen LogP contribution in [-0.2, 0) is 21.2 Å². The SMILES string of the molecule is O=C(O)Cc1csc(NS(=O)(=O)C2CCC2)n1. The van der Waals surface area contributed by atoms with E-state index < -0.39 is 16.0 Å². The molecule has 0 atom stereocenters. The molecule has 1 fully saturated rings. The van der Waals surface area contributed by atoms with Crippen molar-refractivity contribution < 1.29 is 18.3 Å². The Bertz CT molecular complexity index is 519. The predicted molar refractivity (Wildman–Crippen MR) is 63.6 cm³/mol. The van der Waals surface area contributed by atoms with E-state index in [1.165, 1.54) is 0 Å².